The Bertz CT molecular complexity index is 1160. The van der Waals surface area contributed by atoms with Crippen LogP contribution in [0.2, 0.25) is 0 Å². The van der Waals surface area contributed by atoms with Crippen LogP contribution in [0.3, 0.4) is 0 Å². The molecule has 1 fully saturated rings. The monoisotopic (exact) mass is 480 g/mol. The number of likely N-dealkylation sites (tertiary alicyclic amines) is 1. The number of ether oxygens (including phenoxy) is 1. The first-order chi connectivity index (χ1) is 16.2. The van der Waals surface area contributed by atoms with Crippen molar-refractivity contribution in [3.8, 4) is 10.7 Å². The summed E-state index contributed by atoms with van der Waals surface area (Å²) >= 11 is 1.31. The van der Waals surface area contributed by atoms with Crippen molar-refractivity contribution in [2.24, 2.45) is 0 Å². The molecule has 4 rings (SSSR count). The molecule has 9 nitrogen and oxygen atoms in total. The Morgan fingerprint density at radius 1 is 1.18 bits per heavy atom. The lowest BCUT2D eigenvalue weighted by Gasteiger charge is -2.24. The van der Waals surface area contributed by atoms with Crippen molar-refractivity contribution in [3.63, 3.8) is 0 Å². The summed E-state index contributed by atoms with van der Waals surface area (Å²) in [6.07, 6.45) is 3.82. The van der Waals surface area contributed by atoms with Crippen molar-refractivity contribution in [3.05, 3.63) is 53.3 Å². The van der Waals surface area contributed by atoms with Crippen molar-refractivity contribution in [1.82, 2.24) is 19.9 Å². The molecule has 0 aliphatic carbocycles. The molecule has 0 unspecified atom stereocenters. The van der Waals surface area contributed by atoms with E-state index >= 15 is 0 Å². The second-order valence-electron chi connectivity index (χ2n) is 9.09. The van der Waals surface area contributed by atoms with E-state index in [4.69, 9.17) is 4.74 Å². The molecule has 2 amide bonds. The van der Waals surface area contributed by atoms with Gasteiger partial charge in [-0.15, -0.1) is 11.3 Å². The van der Waals surface area contributed by atoms with Crippen molar-refractivity contribution in [1.29, 1.82) is 0 Å². The van der Waals surface area contributed by atoms with Gasteiger partial charge in [0.05, 0.1) is 23.3 Å². The fourth-order valence-electron chi connectivity index (χ4n) is 3.53. The standard InChI is InChI=1S/C24H28N6O3S/c1-15-20(34-22(27-15)18-7-5-6-11-25-18)21(31)29-16-8-9-19(26-13-16)28-17-10-12-30(14-17)23(32)33-24(2,3)4/h5-9,11,13,17H,10,12,14H2,1-4H3,(H,26,28)(H,29,31)/t17-/m0/s1. The number of anilines is 2. The summed E-state index contributed by atoms with van der Waals surface area (Å²) in [6.45, 7) is 8.57. The molecule has 178 valence electrons. The van der Waals surface area contributed by atoms with E-state index in [1.165, 1.54) is 11.3 Å². The smallest absolute Gasteiger partial charge is 0.410 e. The molecule has 4 heterocycles. The first kappa shape index (κ1) is 23.6. The molecular formula is C24H28N6O3S. The lowest BCUT2D eigenvalue weighted by atomic mass is 10.2. The van der Waals surface area contributed by atoms with E-state index in [1.807, 2.05) is 52.0 Å². The number of carbonyl (C=O) groups excluding carboxylic acids is 2. The number of hydrogen-bond acceptors (Lipinski definition) is 8. The Morgan fingerprint density at radius 2 is 2.00 bits per heavy atom. The van der Waals surface area contributed by atoms with Gasteiger partial charge in [-0.2, -0.15) is 0 Å². The highest BCUT2D eigenvalue weighted by Crippen LogP contribution is 2.27. The molecule has 2 N–H and O–H groups in total. The van der Waals surface area contributed by atoms with Gasteiger partial charge >= 0.3 is 6.09 Å². The SMILES string of the molecule is Cc1nc(-c2ccccn2)sc1C(=O)Nc1ccc(N[C@H]2CCN(C(=O)OC(C)(C)C)C2)nc1. The zero-order valence-electron chi connectivity index (χ0n) is 19.7. The second-order valence-corrected chi connectivity index (χ2v) is 10.1. The summed E-state index contributed by atoms with van der Waals surface area (Å²) in [5.41, 5.74) is 1.47. The van der Waals surface area contributed by atoms with E-state index in [-0.39, 0.29) is 18.0 Å². The molecule has 1 aliphatic heterocycles. The van der Waals surface area contributed by atoms with Crippen LogP contribution in [0.25, 0.3) is 10.7 Å². The molecule has 3 aromatic rings. The van der Waals surface area contributed by atoms with Gasteiger partial charge in [-0.05, 0) is 58.4 Å². The highest BCUT2D eigenvalue weighted by atomic mass is 32.1. The Hall–Kier alpha value is -3.53. The number of nitrogens with zero attached hydrogens (tertiary/aromatic N) is 4. The minimum Gasteiger partial charge on any atom is -0.444 e. The number of pyridine rings is 2. The molecule has 0 saturated carbocycles. The summed E-state index contributed by atoms with van der Waals surface area (Å²) in [5, 5.41) is 6.93. The van der Waals surface area contributed by atoms with E-state index in [0.717, 1.165) is 12.1 Å². The van der Waals surface area contributed by atoms with Gasteiger partial charge in [0.15, 0.2) is 0 Å². The van der Waals surface area contributed by atoms with Gasteiger partial charge in [-0.3, -0.25) is 9.78 Å². The maximum Gasteiger partial charge on any atom is 0.410 e. The van der Waals surface area contributed by atoms with Gasteiger partial charge in [-0.1, -0.05) is 6.07 Å². The van der Waals surface area contributed by atoms with E-state index in [9.17, 15) is 9.59 Å². The number of hydrogen-bond donors (Lipinski definition) is 2. The lowest BCUT2D eigenvalue weighted by Crippen LogP contribution is -2.36. The summed E-state index contributed by atoms with van der Waals surface area (Å²) in [4.78, 5) is 40.5. The maximum absolute atomic E-state index is 12.8. The van der Waals surface area contributed by atoms with Gasteiger partial charge in [0.25, 0.3) is 5.91 Å². The topological polar surface area (TPSA) is 109 Å². The van der Waals surface area contributed by atoms with Crippen molar-refractivity contribution in [2.75, 3.05) is 23.7 Å². The van der Waals surface area contributed by atoms with Gasteiger partial charge < -0.3 is 20.3 Å². The van der Waals surface area contributed by atoms with Gasteiger partial charge in [0.2, 0.25) is 0 Å². The van der Waals surface area contributed by atoms with Crippen LogP contribution in [-0.4, -0.2) is 56.6 Å². The third kappa shape index (κ3) is 5.88. The minimum absolute atomic E-state index is 0.0883. The predicted octanol–water partition coefficient (Wildman–Crippen LogP) is 4.58. The van der Waals surface area contributed by atoms with E-state index in [1.54, 1.807) is 23.4 Å². The summed E-state index contributed by atoms with van der Waals surface area (Å²) in [7, 11) is 0. The zero-order valence-corrected chi connectivity index (χ0v) is 20.5. The molecule has 0 radical (unpaired) electrons. The van der Waals surface area contributed by atoms with Gasteiger partial charge in [0, 0.05) is 25.3 Å². The number of carbonyl (C=O) groups is 2. The van der Waals surface area contributed by atoms with Crippen molar-refractivity contribution >= 4 is 34.8 Å². The van der Waals surface area contributed by atoms with Crippen LogP contribution >= 0.6 is 11.3 Å². The fraction of sp³-hybridized carbons (Fsp3) is 0.375. The number of nitrogens with one attached hydrogen (secondary N) is 2. The molecule has 1 aliphatic rings. The number of thiazole rings is 1. The summed E-state index contributed by atoms with van der Waals surface area (Å²) in [5.74, 6) is 0.448. The van der Waals surface area contributed by atoms with Crippen molar-refractivity contribution < 1.29 is 14.3 Å². The third-order valence-corrected chi connectivity index (χ3v) is 6.28. The van der Waals surface area contributed by atoms with Crippen LogP contribution in [-0.2, 0) is 4.74 Å². The van der Waals surface area contributed by atoms with Gasteiger partial charge in [0.1, 0.15) is 21.3 Å². The maximum atomic E-state index is 12.8. The molecular weight excluding hydrogens is 452 g/mol. The molecule has 0 bridgehead atoms. The van der Waals surface area contributed by atoms with Crippen molar-refractivity contribution in [2.45, 2.75) is 45.8 Å². The Labute approximate surface area is 202 Å². The first-order valence-corrected chi connectivity index (χ1v) is 11.9. The second kappa shape index (κ2) is 9.76. The fourth-order valence-corrected chi connectivity index (χ4v) is 4.46. The zero-order chi connectivity index (χ0) is 24.3. The van der Waals surface area contributed by atoms with E-state index in [2.05, 4.69) is 25.6 Å². The lowest BCUT2D eigenvalue weighted by molar-refractivity contribution is 0.0293. The molecule has 0 spiro atoms. The van der Waals surface area contributed by atoms with Crippen LogP contribution in [0, 0.1) is 6.92 Å². The molecule has 34 heavy (non-hydrogen) atoms. The van der Waals surface area contributed by atoms with E-state index < -0.39 is 5.60 Å². The molecule has 10 heteroatoms. The highest BCUT2D eigenvalue weighted by Gasteiger charge is 2.29. The average molecular weight is 481 g/mol. The van der Waals surface area contributed by atoms with Gasteiger partial charge in [-0.25, -0.2) is 14.8 Å². The number of aromatic nitrogens is 3. The summed E-state index contributed by atoms with van der Waals surface area (Å²) in [6, 6.07) is 9.29. The number of aryl methyl sites for hydroxylation is 1. The van der Waals surface area contributed by atoms with Crippen LogP contribution in [0.15, 0.2) is 42.7 Å². The number of rotatable bonds is 5. The number of amides is 2. The quantitative estimate of drug-likeness (QED) is 0.550. The largest absolute Gasteiger partial charge is 0.444 e. The van der Waals surface area contributed by atoms with Crippen LogP contribution in [0.1, 0.15) is 42.6 Å². The Balaban J connectivity index is 1.33. The minimum atomic E-state index is -0.512. The highest BCUT2D eigenvalue weighted by molar-refractivity contribution is 7.17. The molecule has 3 aromatic heterocycles. The summed E-state index contributed by atoms with van der Waals surface area (Å²) < 4.78 is 5.44. The molecule has 1 atom stereocenters. The van der Waals surface area contributed by atoms with E-state index in [0.29, 0.717) is 40.2 Å². The molecule has 1 saturated heterocycles. The third-order valence-electron chi connectivity index (χ3n) is 5.10. The van der Waals surface area contributed by atoms with Crippen LogP contribution in [0.4, 0.5) is 16.3 Å². The Morgan fingerprint density at radius 3 is 2.68 bits per heavy atom. The first-order valence-electron chi connectivity index (χ1n) is 11.1. The Kier molecular flexibility index (Phi) is 6.78. The predicted molar refractivity (Wildman–Crippen MR) is 132 cm³/mol. The van der Waals surface area contributed by atoms with Crippen LogP contribution < -0.4 is 10.6 Å². The normalized spacial score (nSPS) is 15.8. The van der Waals surface area contributed by atoms with Crippen LogP contribution in [0.5, 0.6) is 0 Å². The average Bonchev–Trinajstić information content (AvgIpc) is 3.41. The molecule has 0 aromatic carbocycles.